The minimum Gasteiger partial charge on any atom is -0.370 e. The van der Waals surface area contributed by atoms with Gasteiger partial charge in [-0.2, -0.15) is 46.8 Å². The molecule has 24 heteroatoms. The predicted octanol–water partition coefficient (Wildman–Crippen LogP) is 2.04. The first kappa shape index (κ1) is 43.4. The molecule has 17 unspecified atom stereocenters. The third-order valence-electron chi connectivity index (χ3n) is 13.5. The summed E-state index contributed by atoms with van der Waals surface area (Å²) < 4.78 is 177. The molecule has 11 rings (SSSR count). The molecule has 2 aliphatic carbocycles. The minimum atomic E-state index is -4.85. The van der Waals surface area contributed by atoms with Gasteiger partial charge in [0.15, 0.2) is 9.84 Å². The highest BCUT2D eigenvalue weighted by Crippen LogP contribution is 2.62. The lowest BCUT2D eigenvalue weighted by Crippen LogP contribution is -2.56. The third kappa shape index (κ3) is 7.30. The van der Waals surface area contributed by atoms with Gasteiger partial charge in [0.25, 0.3) is 40.5 Å². The van der Waals surface area contributed by atoms with Crippen molar-refractivity contribution in [1.82, 2.24) is 0 Å². The van der Waals surface area contributed by atoms with Crippen LogP contribution in [0.1, 0.15) is 73.1 Å². The van der Waals surface area contributed by atoms with E-state index in [1.54, 1.807) is 13.8 Å². The lowest BCUT2D eigenvalue weighted by atomic mass is 9.80. The Morgan fingerprint density at radius 3 is 1.66 bits per heavy atom. The Balaban J connectivity index is 0.000000110. The maximum atomic E-state index is 13.0. The third-order valence-corrected chi connectivity index (χ3v) is 22.2. The number of rotatable bonds is 0. The van der Waals surface area contributed by atoms with E-state index in [0.717, 1.165) is 19.3 Å². The molecular weight excluding hydrogens is 858 g/mol. The van der Waals surface area contributed by atoms with Crippen LogP contribution in [0.25, 0.3) is 0 Å². The molecule has 9 heterocycles. The molecule has 9 aliphatic heterocycles. The van der Waals surface area contributed by atoms with Gasteiger partial charge < -0.3 is 9.47 Å². The first-order chi connectivity index (χ1) is 25.6. The maximum absolute atomic E-state index is 13.0. The van der Waals surface area contributed by atoms with Crippen molar-refractivity contribution in [3.05, 3.63) is 0 Å². The molecular formula is C32H49F3O16S5. The highest BCUT2D eigenvalue weighted by Gasteiger charge is 2.83. The second-order valence-electron chi connectivity index (χ2n) is 17.2. The Bertz CT molecular complexity index is 2010. The zero-order valence-corrected chi connectivity index (χ0v) is 35.4. The fraction of sp³-hybridized carbons (Fsp3) is 1.00. The van der Waals surface area contributed by atoms with Crippen LogP contribution < -0.4 is 0 Å². The summed E-state index contributed by atoms with van der Waals surface area (Å²) in [5.41, 5.74) is 0. The second kappa shape index (κ2) is 14.2. The Kier molecular flexibility index (Phi) is 11.0. The average molecular weight is 907 g/mol. The molecule has 0 aromatic heterocycles. The van der Waals surface area contributed by atoms with Gasteiger partial charge in [-0.25, -0.2) is 8.42 Å². The van der Waals surface area contributed by atoms with E-state index >= 15 is 0 Å². The highest BCUT2D eigenvalue weighted by atomic mass is 32.2. The smallest absolute Gasteiger partial charge is 0.370 e. The molecule has 2 saturated carbocycles. The van der Waals surface area contributed by atoms with Gasteiger partial charge in [0, 0.05) is 24.2 Å². The zero-order chi connectivity index (χ0) is 41.3. The van der Waals surface area contributed by atoms with Gasteiger partial charge in [0.1, 0.15) is 29.7 Å². The van der Waals surface area contributed by atoms with Gasteiger partial charge in [-0.1, -0.05) is 27.7 Å². The van der Waals surface area contributed by atoms with Gasteiger partial charge in [0.2, 0.25) is 4.75 Å². The average Bonchev–Trinajstić information content (AvgIpc) is 3.92. The lowest BCUT2D eigenvalue weighted by molar-refractivity contribution is -0.171. The monoisotopic (exact) mass is 906 g/mol. The summed E-state index contributed by atoms with van der Waals surface area (Å²) in [5.74, 6) is 2.75. The number of halogens is 3. The summed E-state index contributed by atoms with van der Waals surface area (Å²) >= 11 is 0. The molecule has 16 nitrogen and oxygen atoms in total. The van der Waals surface area contributed by atoms with Gasteiger partial charge in [-0.05, 0) is 56.8 Å². The minimum absolute atomic E-state index is 0.0266. The fourth-order valence-electron chi connectivity index (χ4n) is 10.3. The van der Waals surface area contributed by atoms with Crippen molar-refractivity contribution < 1.29 is 81.5 Å². The molecule has 9 saturated heterocycles. The molecule has 11 fully saturated rings. The van der Waals surface area contributed by atoms with Crippen LogP contribution in [0.2, 0.25) is 0 Å². The Labute approximate surface area is 326 Å². The van der Waals surface area contributed by atoms with E-state index in [1.165, 1.54) is 0 Å². The van der Waals surface area contributed by atoms with E-state index in [9.17, 15) is 55.3 Å². The van der Waals surface area contributed by atoms with Gasteiger partial charge in [0.05, 0.1) is 46.9 Å². The van der Waals surface area contributed by atoms with E-state index in [-0.39, 0.29) is 58.6 Å². The quantitative estimate of drug-likeness (QED) is 0.317. The summed E-state index contributed by atoms with van der Waals surface area (Å²) in [6, 6.07) is 0. The molecule has 0 aromatic rings. The highest BCUT2D eigenvalue weighted by molar-refractivity contribution is 7.91. The second-order valence-corrected chi connectivity index (χ2v) is 26.5. The molecule has 0 N–H and O–H groups in total. The number of fused-ring (bicyclic) bond motifs is 3. The Morgan fingerprint density at radius 1 is 0.607 bits per heavy atom. The topological polar surface area (TPSA) is 226 Å². The largest absolute Gasteiger partial charge is 0.413 e. The molecule has 56 heavy (non-hydrogen) atoms. The summed E-state index contributed by atoms with van der Waals surface area (Å²) in [4.78, 5) is 0. The summed E-state index contributed by atoms with van der Waals surface area (Å²) in [6.07, 6.45) is -4.69. The van der Waals surface area contributed by atoms with E-state index in [4.69, 9.17) is 17.8 Å². The molecule has 0 amide bonds. The van der Waals surface area contributed by atoms with E-state index in [0.29, 0.717) is 48.0 Å². The normalized spacial score (nSPS) is 50.9. The van der Waals surface area contributed by atoms with Gasteiger partial charge >= 0.3 is 6.18 Å². The van der Waals surface area contributed by atoms with Crippen molar-refractivity contribution in [2.24, 2.45) is 35.5 Å². The first-order valence-corrected chi connectivity index (χ1v) is 26.6. The van der Waals surface area contributed by atoms with Crippen molar-refractivity contribution in [3.8, 4) is 0 Å². The summed E-state index contributed by atoms with van der Waals surface area (Å²) in [5, 5.41) is -0.521. The molecule has 0 aromatic carbocycles. The van der Waals surface area contributed by atoms with Crippen LogP contribution in [0.4, 0.5) is 13.2 Å². The summed E-state index contributed by atoms with van der Waals surface area (Å²) in [6.45, 7) is 9.49. The number of ether oxygens (including phenoxy) is 2. The lowest BCUT2D eigenvalue weighted by Gasteiger charge is -2.29. The number of hydrogen-bond donors (Lipinski definition) is 0. The van der Waals surface area contributed by atoms with Crippen LogP contribution in [0.15, 0.2) is 0 Å². The Morgan fingerprint density at radius 2 is 1.23 bits per heavy atom. The standard InChI is InChI=1S/C8H9F3O4S.C8H12O3S.C7H10O4S.C5H10O2S.C4H8O3S/c1-3-4-2-7(8(9,10)11)6(14-4)5(3)15-16(7,12)13;1-4-5-2-6-7(3-5)12(9,10)11-8(4)6;1-3-4-2-5-7(10-4)6(3)11-12(5,8)9;1-5-2-3-8(6,7)4-5;1-4-2-3-8(5,6)7-4/h3-6H,2H2,1H3;4-8H,2-3H2,1H3;3-7H,2H2,1H3;5H,2-4H2,1H3;4H,2-3H2,1H3. The van der Waals surface area contributed by atoms with Crippen molar-refractivity contribution in [2.75, 3.05) is 17.3 Å². The molecule has 0 spiro atoms. The number of hydrogen-bond acceptors (Lipinski definition) is 16. The zero-order valence-electron chi connectivity index (χ0n) is 31.3. The van der Waals surface area contributed by atoms with Crippen LogP contribution in [0.3, 0.4) is 0 Å². The summed E-state index contributed by atoms with van der Waals surface area (Å²) in [7, 11) is -16.8. The maximum Gasteiger partial charge on any atom is 0.413 e. The van der Waals surface area contributed by atoms with Crippen molar-refractivity contribution in [1.29, 1.82) is 0 Å². The Hall–Kier alpha value is -0.700. The molecule has 6 bridgehead atoms. The van der Waals surface area contributed by atoms with Crippen LogP contribution in [0.5, 0.6) is 0 Å². The number of alkyl halides is 3. The first-order valence-electron chi connectivity index (χ1n) is 18.9. The van der Waals surface area contributed by atoms with E-state index < -0.39 is 86.0 Å². The number of sulfone groups is 1. The molecule has 0 radical (unpaired) electrons. The molecule has 17 atom stereocenters. The van der Waals surface area contributed by atoms with Crippen LogP contribution in [-0.2, 0) is 76.5 Å². The van der Waals surface area contributed by atoms with Crippen LogP contribution in [0, 0.1) is 35.5 Å². The fourth-order valence-corrected chi connectivity index (χ4v) is 19.1. The van der Waals surface area contributed by atoms with E-state index in [1.807, 2.05) is 13.8 Å². The van der Waals surface area contributed by atoms with Crippen LogP contribution in [-0.4, -0.2) is 130 Å². The predicted molar refractivity (Wildman–Crippen MR) is 189 cm³/mol. The van der Waals surface area contributed by atoms with Crippen molar-refractivity contribution >= 4 is 50.3 Å². The van der Waals surface area contributed by atoms with Crippen molar-refractivity contribution in [2.45, 2.75) is 143 Å². The van der Waals surface area contributed by atoms with Crippen LogP contribution >= 0.6 is 0 Å². The van der Waals surface area contributed by atoms with Gasteiger partial charge in [-0.3, -0.25) is 16.7 Å². The molecule has 11 aliphatic rings. The van der Waals surface area contributed by atoms with E-state index in [2.05, 4.69) is 15.3 Å². The molecule has 324 valence electrons. The van der Waals surface area contributed by atoms with Crippen molar-refractivity contribution in [3.63, 3.8) is 0 Å². The SMILES string of the molecule is CC1C2CC3(C(F)(F)F)C(O2)C1OS3(=O)=O.CC1C2CC3C(O2)C1OS3(=O)=O.CC1C2CC3C1OS(=O)(=O)C3C2.CC1CCS(=O)(=O)C1.CC1CCS(=O)(=O)O1. The van der Waals surface area contributed by atoms with Gasteiger partial charge in [-0.15, -0.1) is 0 Å².